The third-order valence-corrected chi connectivity index (χ3v) is 4.23. The lowest BCUT2D eigenvalue weighted by Gasteiger charge is -2.26. The first-order valence-electron chi connectivity index (χ1n) is 7.08. The Morgan fingerprint density at radius 1 is 1.20 bits per heavy atom. The molecule has 1 aromatic rings. The van der Waals surface area contributed by atoms with Crippen LogP contribution in [0.15, 0.2) is 12.1 Å². The van der Waals surface area contributed by atoms with Gasteiger partial charge in [-0.3, -0.25) is 19.7 Å². The molecule has 1 saturated carbocycles. The van der Waals surface area contributed by atoms with Gasteiger partial charge in [-0.2, -0.15) is 0 Å². The first-order valence-corrected chi connectivity index (χ1v) is 7.08. The summed E-state index contributed by atoms with van der Waals surface area (Å²) in [5.41, 5.74) is 4.45. The van der Waals surface area contributed by atoms with E-state index in [-0.39, 0.29) is 24.2 Å². The number of hydrogen-bond acceptors (Lipinski definition) is 2. The van der Waals surface area contributed by atoms with Gasteiger partial charge in [0.05, 0.1) is 6.42 Å². The van der Waals surface area contributed by atoms with Gasteiger partial charge in [-0.05, 0) is 44.2 Å². The van der Waals surface area contributed by atoms with E-state index in [4.69, 9.17) is 5.11 Å². The molecule has 1 aromatic heterocycles. The predicted molar refractivity (Wildman–Crippen MR) is 76.0 cm³/mol. The van der Waals surface area contributed by atoms with Gasteiger partial charge >= 0.3 is 5.97 Å². The summed E-state index contributed by atoms with van der Waals surface area (Å²) in [5.74, 6) is -0.913. The van der Waals surface area contributed by atoms with Crippen LogP contribution in [0, 0.1) is 19.3 Å². The number of hydrogen-bond donors (Lipinski definition) is 2. The number of aliphatic carboxylic acids is 1. The lowest BCUT2D eigenvalue weighted by molar-refractivity contribution is -0.140. The fourth-order valence-corrected chi connectivity index (χ4v) is 3.21. The minimum atomic E-state index is -0.812. The van der Waals surface area contributed by atoms with Gasteiger partial charge in [0.25, 0.3) is 0 Å². The maximum absolute atomic E-state index is 12.2. The van der Waals surface area contributed by atoms with E-state index in [1.54, 1.807) is 4.68 Å². The number of carbonyl (C=O) groups excluding carboxylic acids is 1. The number of carboxylic acid groups (broad SMARTS) is 1. The fourth-order valence-electron chi connectivity index (χ4n) is 3.21. The summed E-state index contributed by atoms with van der Waals surface area (Å²) >= 11 is 0. The van der Waals surface area contributed by atoms with Crippen molar-refractivity contribution < 1.29 is 14.7 Å². The van der Waals surface area contributed by atoms with Crippen molar-refractivity contribution in [2.24, 2.45) is 5.41 Å². The first kappa shape index (κ1) is 14.6. The van der Waals surface area contributed by atoms with E-state index < -0.39 is 5.97 Å². The molecule has 0 bridgehead atoms. The number of nitrogens with zero attached hydrogens (tertiary/aromatic N) is 1. The van der Waals surface area contributed by atoms with Crippen molar-refractivity contribution in [1.29, 1.82) is 0 Å². The maximum atomic E-state index is 12.2. The highest BCUT2D eigenvalue weighted by Gasteiger charge is 2.38. The smallest absolute Gasteiger partial charge is 0.303 e. The third-order valence-electron chi connectivity index (χ3n) is 4.23. The molecule has 1 amide bonds. The molecule has 1 heterocycles. The molecule has 0 saturated heterocycles. The molecule has 1 aliphatic carbocycles. The van der Waals surface area contributed by atoms with Crippen LogP contribution in [-0.4, -0.2) is 21.7 Å². The highest BCUT2D eigenvalue weighted by Crippen LogP contribution is 2.44. The van der Waals surface area contributed by atoms with E-state index in [0.29, 0.717) is 0 Å². The molecular weight excluding hydrogens is 256 g/mol. The zero-order valence-corrected chi connectivity index (χ0v) is 12.1. The summed E-state index contributed by atoms with van der Waals surface area (Å²) in [5, 5.41) is 9.06. The van der Waals surface area contributed by atoms with E-state index in [0.717, 1.165) is 37.1 Å². The van der Waals surface area contributed by atoms with E-state index in [9.17, 15) is 9.59 Å². The number of nitrogens with one attached hydrogen (secondary N) is 1. The van der Waals surface area contributed by atoms with Gasteiger partial charge in [0.15, 0.2) is 0 Å². The van der Waals surface area contributed by atoms with Crippen LogP contribution in [0.2, 0.25) is 0 Å². The number of carboxylic acids is 1. The zero-order chi connectivity index (χ0) is 14.8. The molecule has 0 spiro atoms. The average Bonchev–Trinajstić information content (AvgIpc) is 2.90. The van der Waals surface area contributed by atoms with Gasteiger partial charge in [0, 0.05) is 17.8 Å². The summed E-state index contributed by atoms with van der Waals surface area (Å²) in [4.78, 5) is 23.3. The summed E-state index contributed by atoms with van der Waals surface area (Å²) in [7, 11) is 0. The predicted octanol–water partition coefficient (Wildman–Crippen LogP) is 2.60. The van der Waals surface area contributed by atoms with E-state index >= 15 is 0 Å². The van der Waals surface area contributed by atoms with E-state index in [2.05, 4.69) is 5.43 Å². The molecule has 0 aliphatic heterocycles. The Labute approximate surface area is 118 Å². The number of aromatic nitrogens is 1. The van der Waals surface area contributed by atoms with E-state index in [1.165, 1.54) is 0 Å². The third kappa shape index (κ3) is 3.21. The molecule has 5 nitrogen and oxygen atoms in total. The molecular formula is C15H22N2O3. The second kappa shape index (κ2) is 5.69. The monoisotopic (exact) mass is 278 g/mol. The lowest BCUT2D eigenvalue weighted by Crippen LogP contribution is -2.32. The molecule has 0 atom stereocenters. The second-order valence-electron chi connectivity index (χ2n) is 5.94. The van der Waals surface area contributed by atoms with Crippen molar-refractivity contribution in [2.75, 3.05) is 5.43 Å². The minimum Gasteiger partial charge on any atom is -0.481 e. The van der Waals surface area contributed by atoms with Crippen LogP contribution >= 0.6 is 0 Å². The molecule has 0 radical (unpaired) electrons. The van der Waals surface area contributed by atoms with Crippen molar-refractivity contribution in [3.63, 3.8) is 0 Å². The van der Waals surface area contributed by atoms with Gasteiger partial charge in [0.2, 0.25) is 5.91 Å². The zero-order valence-electron chi connectivity index (χ0n) is 12.1. The Morgan fingerprint density at radius 2 is 1.75 bits per heavy atom. The largest absolute Gasteiger partial charge is 0.481 e. The molecule has 20 heavy (non-hydrogen) atoms. The molecule has 0 aromatic carbocycles. The summed E-state index contributed by atoms with van der Waals surface area (Å²) in [6.45, 7) is 3.85. The first-order chi connectivity index (χ1) is 9.42. The Bertz CT molecular complexity index is 494. The van der Waals surface area contributed by atoms with Gasteiger partial charge in [-0.1, -0.05) is 12.8 Å². The Balaban J connectivity index is 2.04. The Hall–Kier alpha value is -1.78. The molecule has 1 fully saturated rings. The maximum Gasteiger partial charge on any atom is 0.303 e. The topological polar surface area (TPSA) is 71.3 Å². The quantitative estimate of drug-likeness (QED) is 0.869. The summed E-state index contributed by atoms with van der Waals surface area (Å²) in [6, 6.07) is 3.89. The average molecular weight is 278 g/mol. The normalized spacial score (nSPS) is 17.1. The molecule has 2 rings (SSSR count). The van der Waals surface area contributed by atoms with Crippen molar-refractivity contribution in [2.45, 2.75) is 52.4 Å². The van der Waals surface area contributed by atoms with Crippen LogP contribution in [0.25, 0.3) is 0 Å². The van der Waals surface area contributed by atoms with Crippen LogP contribution in [0.1, 0.15) is 49.9 Å². The van der Waals surface area contributed by atoms with Crippen LogP contribution in [0.4, 0.5) is 0 Å². The lowest BCUT2D eigenvalue weighted by atomic mass is 9.79. The fraction of sp³-hybridized carbons (Fsp3) is 0.600. The van der Waals surface area contributed by atoms with Crippen molar-refractivity contribution in [3.8, 4) is 0 Å². The number of rotatable bonds is 5. The van der Waals surface area contributed by atoms with Gasteiger partial charge in [0.1, 0.15) is 0 Å². The molecule has 0 unspecified atom stereocenters. The van der Waals surface area contributed by atoms with Crippen LogP contribution in [-0.2, 0) is 9.59 Å². The number of carbonyl (C=O) groups is 2. The number of aryl methyl sites for hydroxylation is 2. The van der Waals surface area contributed by atoms with Gasteiger partial charge < -0.3 is 5.11 Å². The van der Waals surface area contributed by atoms with Crippen molar-refractivity contribution in [3.05, 3.63) is 23.5 Å². The summed E-state index contributed by atoms with van der Waals surface area (Å²) < 4.78 is 1.76. The Morgan fingerprint density at radius 3 is 2.25 bits per heavy atom. The van der Waals surface area contributed by atoms with Crippen LogP contribution in [0.3, 0.4) is 0 Å². The minimum absolute atomic E-state index is 0.0874. The summed E-state index contributed by atoms with van der Waals surface area (Å²) in [6.07, 6.45) is 4.07. The molecule has 5 heteroatoms. The van der Waals surface area contributed by atoms with Crippen LogP contribution in [0.5, 0.6) is 0 Å². The molecule has 1 aliphatic rings. The van der Waals surface area contributed by atoms with Gasteiger partial charge in [-0.15, -0.1) is 0 Å². The van der Waals surface area contributed by atoms with Crippen LogP contribution < -0.4 is 5.43 Å². The van der Waals surface area contributed by atoms with E-state index in [1.807, 2.05) is 26.0 Å². The highest BCUT2D eigenvalue weighted by molar-refractivity contribution is 5.85. The molecule has 110 valence electrons. The molecule has 2 N–H and O–H groups in total. The second-order valence-corrected chi connectivity index (χ2v) is 5.94. The van der Waals surface area contributed by atoms with Crippen molar-refractivity contribution >= 4 is 11.9 Å². The SMILES string of the molecule is Cc1ccc(C)n1NC(=O)CC1(CC(=O)O)CCCC1. The van der Waals surface area contributed by atoms with Crippen molar-refractivity contribution in [1.82, 2.24) is 4.68 Å². The highest BCUT2D eigenvalue weighted by atomic mass is 16.4. The number of amides is 1. The van der Waals surface area contributed by atoms with Gasteiger partial charge in [-0.25, -0.2) is 0 Å². The standard InChI is InChI=1S/C15H22N2O3/c1-11-5-6-12(2)17(11)16-13(18)9-15(10-14(19)20)7-3-4-8-15/h5-6H,3-4,7-10H2,1-2H3,(H,16,18)(H,19,20). The Kier molecular flexibility index (Phi) is 4.16.